The highest BCUT2D eigenvalue weighted by Gasteiger charge is 2.25. The van der Waals surface area contributed by atoms with Crippen molar-refractivity contribution < 1.29 is 4.79 Å². The molecule has 0 unspecified atom stereocenters. The van der Waals surface area contributed by atoms with E-state index in [1.807, 2.05) is 0 Å². The average Bonchev–Trinajstić information content (AvgIpc) is 2.88. The van der Waals surface area contributed by atoms with Crippen LogP contribution in [0, 0.1) is 27.7 Å². The molecule has 0 spiro atoms. The first-order valence-electron chi connectivity index (χ1n) is 9.22. The number of amides is 1. The first-order chi connectivity index (χ1) is 12.0. The molecule has 128 valence electrons. The van der Waals surface area contributed by atoms with Crippen LogP contribution < -0.4 is 5.32 Å². The number of hydrogen-bond donors (Lipinski definition) is 1. The summed E-state index contributed by atoms with van der Waals surface area (Å²) in [5, 5.41) is 3.02. The Bertz CT molecular complexity index is 934. The van der Waals surface area contributed by atoms with Gasteiger partial charge in [-0.05, 0) is 111 Å². The fourth-order valence-corrected chi connectivity index (χ4v) is 4.26. The van der Waals surface area contributed by atoms with Gasteiger partial charge in [0.1, 0.15) is 0 Å². The number of benzene rings is 2. The van der Waals surface area contributed by atoms with Gasteiger partial charge in [0, 0.05) is 16.8 Å². The van der Waals surface area contributed by atoms with E-state index < -0.39 is 0 Å². The molecule has 0 atom stereocenters. The van der Waals surface area contributed by atoms with E-state index in [-0.39, 0.29) is 5.91 Å². The molecule has 0 saturated carbocycles. The van der Waals surface area contributed by atoms with Gasteiger partial charge < -0.3 is 5.32 Å². The van der Waals surface area contributed by atoms with Crippen LogP contribution in [0.2, 0.25) is 0 Å². The monoisotopic (exact) mass is 331 g/mol. The Kier molecular flexibility index (Phi) is 3.79. The molecule has 0 fully saturated rings. The largest absolute Gasteiger partial charge is 0.321 e. The molecule has 4 rings (SSSR count). The third kappa shape index (κ3) is 2.60. The third-order valence-electron chi connectivity index (χ3n) is 5.92. The molecule has 2 aliphatic rings. The predicted molar refractivity (Wildman–Crippen MR) is 105 cm³/mol. The van der Waals surface area contributed by atoms with Gasteiger partial charge in [0.2, 0.25) is 0 Å². The van der Waals surface area contributed by atoms with Crippen LogP contribution in [0.4, 0.5) is 5.69 Å². The summed E-state index contributed by atoms with van der Waals surface area (Å²) >= 11 is 0. The van der Waals surface area contributed by atoms with Crippen molar-refractivity contribution in [2.75, 3.05) is 5.32 Å². The van der Waals surface area contributed by atoms with Gasteiger partial charge in [-0.1, -0.05) is 6.07 Å². The molecule has 1 N–H and O–H groups in total. The van der Waals surface area contributed by atoms with Gasteiger partial charge >= 0.3 is 0 Å². The maximum Gasteiger partial charge on any atom is 0.256 e. The molecule has 0 radical (unpaired) electrons. The van der Waals surface area contributed by atoms with Crippen LogP contribution in [-0.2, 0) is 17.6 Å². The van der Waals surface area contributed by atoms with Gasteiger partial charge in [-0.2, -0.15) is 0 Å². The minimum atomic E-state index is 0.00905. The second kappa shape index (κ2) is 5.87. The number of carbonyl (C=O) groups excluding carboxylic acids is 1. The van der Waals surface area contributed by atoms with Crippen molar-refractivity contribution in [2.45, 2.75) is 53.4 Å². The summed E-state index contributed by atoms with van der Waals surface area (Å²) in [6.45, 7) is 8.61. The Morgan fingerprint density at radius 3 is 2.32 bits per heavy atom. The molecule has 2 aromatic carbocycles. The molecular weight excluding hydrogens is 306 g/mol. The van der Waals surface area contributed by atoms with Crippen molar-refractivity contribution in [2.24, 2.45) is 0 Å². The van der Waals surface area contributed by atoms with E-state index in [0.29, 0.717) is 0 Å². The molecule has 2 nitrogen and oxygen atoms in total. The number of fused-ring (bicyclic) bond motifs is 2. The van der Waals surface area contributed by atoms with Gasteiger partial charge in [-0.15, -0.1) is 0 Å². The molecule has 1 aliphatic carbocycles. The number of aryl methyl sites for hydroxylation is 3. The SMILES string of the molecule is Cc1cc2c(cc1C)/C(=C/c1cc(C)c3c(c1C)CCCC3)C(=O)N2. The number of anilines is 1. The van der Waals surface area contributed by atoms with E-state index >= 15 is 0 Å². The summed E-state index contributed by atoms with van der Waals surface area (Å²) in [5.41, 5.74) is 12.1. The highest BCUT2D eigenvalue weighted by molar-refractivity contribution is 6.35. The van der Waals surface area contributed by atoms with Crippen molar-refractivity contribution in [3.63, 3.8) is 0 Å². The lowest BCUT2D eigenvalue weighted by Crippen LogP contribution is -2.09. The zero-order chi connectivity index (χ0) is 17.7. The summed E-state index contributed by atoms with van der Waals surface area (Å²) in [4.78, 5) is 12.6. The lowest BCUT2D eigenvalue weighted by molar-refractivity contribution is -0.110. The maximum absolute atomic E-state index is 12.6. The van der Waals surface area contributed by atoms with Gasteiger partial charge in [-0.3, -0.25) is 4.79 Å². The van der Waals surface area contributed by atoms with Gasteiger partial charge in [0.25, 0.3) is 5.91 Å². The summed E-state index contributed by atoms with van der Waals surface area (Å²) in [6.07, 6.45) is 7.02. The van der Waals surface area contributed by atoms with Crippen molar-refractivity contribution in [1.29, 1.82) is 0 Å². The van der Waals surface area contributed by atoms with E-state index in [2.05, 4.69) is 57.3 Å². The lowest BCUT2D eigenvalue weighted by atomic mass is 9.83. The van der Waals surface area contributed by atoms with Crippen LogP contribution in [0.5, 0.6) is 0 Å². The van der Waals surface area contributed by atoms with Crippen LogP contribution in [0.15, 0.2) is 18.2 Å². The normalized spacial score (nSPS) is 17.4. The van der Waals surface area contributed by atoms with Crippen LogP contribution in [0.25, 0.3) is 11.6 Å². The number of hydrogen-bond acceptors (Lipinski definition) is 1. The fourth-order valence-electron chi connectivity index (χ4n) is 4.26. The minimum absolute atomic E-state index is 0.00905. The van der Waals surface area contributed by atoms with Crippen molar-refractivity contribution in [1.82, 2.24) is 0 Å². The highest BCUT2D eigenvalue weighted by Crippen LogP contribution is 2.37. The zero-order valence-corrected chi connectivity index (χ0v) is 15.5. The predicted octanol–water partition coefficient (Wildman–Crippen LogP) is 5.29. The highest BCUT2D eigenvalue weighted by atomic mass is 16.2. The molecule has 1 amide bonds. The molecule has 0 aromatic heterocycles. The number of nitrogens with one attached hydrogen (secondary N) is 1. The minimum Gasteiger partial charge on any atom is -0.321 e. The Labute approximate surface area is 150 Å². The summed E-state index contributed by atoms with van der Waals surface area (Å²) < 4.78 is 0. The molecule has 2 heteroatoms. The number of rotatable bonds is 1. The van der Waals surface area contributed by atoms with E-state index in [1.165, 1.54) is 64.6 Å². The van der Waals surface area contributed by atoms with Crippen molar-refractivity contribution in [3.05, 3.63) is 62.7 Å². The van der Waals surface area contributed by atoms with Gasteiger partial charge in [0.15, 0.2) is 0 Å². The standard InChI is InChI=1S/C23H25NO/c1-13-10-20-21(23(25)24-22(20)11-14(13)2)12-17-9-15(3)18-7-5-6-8-19(18)16(17)4/h9-12H,5-8H2,1-4H3,(H,24,25)/b21-12-. The van der Waals surface area contributed by atoms with E-state index in [0.717, 1.165) is 16.8 Å². The Morgan fingerprint density at radius 2 is 1.56 bits per heavy atom. The molecule has 0 bridgehead atoms. The lowest BCUT2D eigenvalue weighted by Gasteiger charge is -2.22. The van der Waals surface area contributed by atoms with Crippen molar-refractivity contribution in [3.8, 4) is 0 Å². The van der Waals surface area contributed by atoms with Gasteiger partial charge in [0.05, 0.1) is 0 Å². The summed E-state index contributed by atoms with van der Waals surface area (Å²) in [6, 6.07) is 6.47. The molecular formula is C23H25NO. The molecule has 1 aliphatic heterocycles. The van der Waals surface area contributed by atoms with E-state index in [9.17, 15) is 4.79 Å². The Hall–Kier alpha value is -2.35. The molecule has 2 aromatic rings. The Morgan fingerprint density at radius 1 is 0.880 bits per heavy atom. The molecule has 25 heavy (non-hydrogen) atoms. The van der Waals surface area contributed by atoms with Crippen LogP contribution >= 0.6 is 0 Å². The summed E-state index contributed by atoms with van der Waals surface area (Å²) in [7, 11) is 0. The first kappa shape index (κ1) is 16.1. The quantitative estimate of drug-likeness (QED) is 0.707. The second-order valence-corrected chi connectivity index (χ2v) is 7.57. The topological polar surface area (TPSA) is 29.1 Å². The van der Waals surface area contributed by atoms with Gasteiger partial charge in [-0.25, -0.2) is 0 Å². The fraction of sp³-hybridized carbons (Fsp3) is 0.348. The Balaban J connectivity index is 1.87. The van der Waals surface area contributed by atoms with E-state index in [1.54, 1.807) is 0 Å². The smallest absolute Gasteiger partial charge is 0.256 e. The zero-order valence-electron chi connectivity index (χ0n) is 15.5. The van der Waals surface area contributed by atoms with E-state index in [4.69, 9.17) is 0 Å². The third-order valence-corrected chi connectivity index (χ3v) is 5.92. The molecule has 1 heterocycles. The molecule has 0 saturated heterocycles. The first-order valence-corrected chi connectivity index (χ1v) is 9.22. The number of carbonyl (C=O) groups is 1. The summed E-state index contributed by atoms with van der Waals surface area (Å²) in [5.74, 6) is 0.00905. The van der Waals surface area contributed by atoms with Crippen LogP contribution in [-0.4, -0.2) is 5.91 Å². The maximum atomic E-state index is 12.6. The van der Waals surface area contributed by atoms with Crippen LogP contribution in [0.1, 0.15) is 57.3 Å². The second-order valence-electron chi connectivity index (χ2n) is 7.57. The van der Waals surface area contributed by atoms with Crippen molar-refractivity contribution >= 4 is 23.2 Å². The average molecular weight is 331 g/mol. The van der Waals surface area contributed by atoms with Crippen LogP contribution in [0.3, 0.4) is 0 Å².